The summed E-state index contributed by atoms with van der Waals surface area (Å²) in [6.07, 6.45) is 6.96. The number of aromatic nitrogens is 2. The summed E-state index contributed by atoms with van der Waals surface area (Å²) in [5, 5.41) is 12.4. The molecule has 2 aromatic rings. The number of carbonyl (C=O) groups is 1. The minimum Gasteiger partial charge on any atom is -0.490 e. The molecule has 0 atom stereocenters. The Kier molecular flexibility index (Phi) is 5.95. The zero-order chi connectivity index (χ0) is 20.3. The number of hydrogen-bond donors (Lipinski definition) is 1. The molecule has 1 aromatic heterocycles. The molecule has 3 rings (SSSR count). The van der Waals surface area contributed by atoms with Crippen molar-refractivity contribution in [1.82, 2.24) is 14.9 Å². The minimum absolute atomic E-state index is 0.0808. The first-order valence-electron chi connectivity index (χ1n) is 9.48. The molecule has 0 spiro atoms. The summed E-state index contributed by atoms with van der Waals surface area (Å²) < 4.78 is 7.93. The van der Waals surface area contributed by atoms with Crippen LogP contribution in [0.4, 0.5) is 0 Å². The highest BCUT2D eigenvalue weighted by Crippen LogP contribution is 2.27. The Labute approximate surface area is 170 Å². The maximum Gasteiger partial charge on any atom is 0.271 e. The van der Waals surface area contributed by atoms with Crippen LogP contribution in [-0.4, -0.2) is 27.6 Å². The fourth-order valence-electron chi connectivity index (χ4n) is 3.24. The molecular formula is C21H25ClN4O2. The topological polar surface area (TPSA) is 79.9 Å². The number of nitrogens with zero attached hydrogens (tertiary/aromatic N) is 3. The number of amides is 1. The number of ether oxygens (including phenoxy) is 1. The lowest BCUT2D eigenvalue weighted by atomic mass is 9.93. The summed E-state index contributed by atoms with van der Waals surface area (Å²) in [7, 11) is 0. The van der Waals surface area contributed by atoms with Gasteiger partial charge in [0.1, 0.15) is 17.5 Å². The van der Waals surface area contributed by atoms with Gasteiger partial charge >= 0.3 is 0 Å². The normalized spacial score (nSPS) is 19.7. The first-order valence-corrected chi connectivity index (χ1v) is 9.85. The number of halogens is 1. The van der Waals surface area contributed by atoms with Crippen molar-refractivity contribution in [2.75, 3.05) is 0 Å². The van der Waals surface area contributed by atoms with Crippen molar-refractivity contribution >= 4 is 17.5 Å². The average molecular weight is 401 g/mol. The minimum atomic E-state index is -0.133. The zero-order valence-corrected chi connectivity index (χ0v) is 17.2. The van der Waals surface area contributed by atoms with Crippen LogP contribution < -0.4 is 10.1 Å². The summed E-state index contributed by atoms with van der Waals surface area (Å²) in [5.41, 5.74) is 0.782. The van der Waals surface area contributed by atoms with Gasteiger partial charge in [0, 0.05) is 23.8 Å². The molecule has 1 aromatic carbocycles. The maximum atomic E-state index is 12.5. The van der Waals surface area contributed by atoms with Crippen LogP contribution in [0.25, 0.3) is 0 Å². The van der Waals surface area contributed by atoms with Crippen molar-refractivity contribution in [3.63, 3.8) is 0 Å². The van der Waals surface area contributed by atoms with Crippen molar-refractivity contribution < 1.29 is 9.53 Å². The van der Waals surface area contributed by atoms with Gasteiger partial charge in [-0.15, -0.1) is 0 Å². The molecule has 7 heteroatoms. The fraction of sp³-hybridized carbons (Fsp3) is 0.476. The third-order valence-electron chi connectivity index (χ3n) is 4.96. The van der Waals surface area contributed by atoms with Gasteiger partial charge in [-0.3, -0.25) is 4.79 Å². The predicted octanol–water partition coefficient (Wildman–Crippen LogP) is 4.28. The van der Waals surface area contributed by atoms with Crippen LogP contribution in [-0.2, 0) is 5.54 Å². The molecule has 28 heavy (non-hydrogen) atoms. The summed E-state index contributed by atoms with van der Waals surface area (Å²) in [4.78, 5) is 16.7. The van der Waals surface area contributed by atoms with Gasteiger partial charge in [-0.1, -0.05) is 11.6 Å². The van der Waals surface area contributed by atoms with E-state index in [9.17, 15) is 4.79 Å². The average Bonchev–Trinajstić information content (AvgIpc) is 3.14. The van der Waals surface area contributed by atoms with Crippen LogP contribution in [0.1, 0.15) is 62.5 Å². The summed E-state index contributed by atoms with van der Waals surface area (Å²) >= 11 is 6.06. The van der Waals surface area contributed by atoms with E-state index in [0.717, 1.165) is 25.7 Å². The highest BCUT2D eigenvalue weighted by atomic mass is 35.5. The van der Waals surface area contributed by atoms with Gasteiger partial charge in [0.15, 0.2) is 0 Å². The molecule has 0 saturated heterocycles. The molecule has 0 unspecified atom stereocenters. The summed E-state index contributed by atoms with van der Waals surface area (Å²) in [5.74, 6) is 0.537. The van der Waals surface area contributed by atoms with Gasteiger partial charge in [0.2, 0.25) is 0 Å². The Balaban J connectivity index is 1.50. The van der Waals surface area contributed by atoms with Gasteiger partial charge in [-0.25, -0.2) is 4.98 Å². The smallest absolute Gasteiger partial charge is 0.271 e. The van der Waals surface area contributed by atoms with Crippen LogP contribution in [0.3, 0.4) is 0 Å². The number of imidazole rings is 1. The van der Waals surface area contributed by atoms with Gasteiger partial charge in [0.25, 0.3) is 5.91 Å². The van der Waals surface area contributed by atoms with Crippen molar-refractivity contribution in [2.24, 2.45) is 0 Å². The quantitative estimate of drug-likeness (QED) is 0.830. The Hall–Kier alpha value is -2.52. The Bertz CT molecular complexity index is 887. The molecule has 1 N–H and O–H groups in total. The number of rotatable bonds is 4. The number of nitriles is 1. The standard InChI is InChI=1S/C21H25ClN4O2/c1-21(2,3)26-12-19(24-13-26)20(27)25-15-5-8-16(9-6-15)28-17-7-4-14(11-23)18(22)10-17/h4,7,10,12-13,15-16H,5-6,8-9H2,1-3H3,(H,25,27). The Morgan fingerprint density at radius 1 is 1.32 bits per heavy atom. The summed E-state index contributed by atoms with van der Waals surface area (Å²) in [6, 6.07) is 7.28. The second kappa shape index (κ2) is 8.24. The van der Waals surface area contributed by atoms with Crippen LogP contribution in [0.5, 0.6) is 5.75 Å². The monoisotopic (exact) mass is 400 g/mol. The van der Waals surface area contributed by atoms with Gasteiger partial charge in [-0.05, 0) is 58.6 Å². The second-order valence-corrected chi connectivity index (χ2v) is 8.56. The fourth-order valence-corrected chi connectivity index (χ4v) is 3.46. The van der Waals surface area contributed by atoms with E-state index in [4.69, 9.17) is 21.6 Å². The van der Waals surface area contributed by atoms with Crippen LogP contribution in [0, 0.1) is 11.3 Å². The molecule has 0 aliphatic heterocycles. The van der Waals surface area contributed by atoms with Crippen molar-refractivity contribution in [3.8, 4) is 11.8 Å². The molecule has 148 valence electrons. The van der Waals surface area contributed by atoms with E-state index in [0.29, 0.717) is 22.0 Å². The number of hydrogen-bond acceptors (Lipinski definition) is 4. The van der Waals surface area contributed by atoms with E-state index in [-0.39, 0.29) is 23.6 Å². The van der Waals surface area contributed by atoms with Crippen LogP contribution in [0.15, 0.2) is 30.7 Å². The van der Waals surface area contributed by atoms with Gasteiger partial charge in [-0.2, -0.15) is 5.26 Å². The molecule has 1 aliphatic rings. The third kappa shape index (κ3) is 4.85. The van der Waals surface area contributed by atoms with E-state index in [2.05, 4.69) is 31.1 Å². The van der Waals surface area contributed by atoms with Gasteiger partial charge in [0.05, 0.1) is 23.0 Å². The lowest BCUT2D eigenvalue weighted by Crippen LogP contribution is -2.39. The molecule has 0 radical (unpaired) electrons. The van der Waals surface area contributed by atoms with Crippen LogP contribution in [0.2, 0.25) is 5.02 Å². The Morgan fingerprint density at radius 2 is 2.04 bits per heavy atom. The zero-order valence-electron chi connectivity index (χ0n) is 16.4. The highest BCUT2D eigenvalue weighted by Gasteiger charge is 2.25. The SMILES string of the molecule is CC(C)(C)n1cnc(C(=O)NC2CCC(Oc3ccc(C#N)c(Cl)c3)CC2)c1. The first kappa shape index (κ1) is 20.2. The largest absolute Gasteiger partial charge is 0.490 e. The number of carbonyl (C=O) groups excluding carboxylic acids is 1. The number of nitrogens with one attached hydrogen (secondary N) is 1. The van der Waals surface area contributed by atoms with Gasteiger partial charge < -0.3 is 14.6 Å². The van der Waals surface area contributed by atoms with Crippen LogP contribution >= 0.6 is 11.6 Å². The van der Waals surface area contributed by atoms with Crippen molar-refractivity contribution in [3.05, 3.63) is 47.0 Å². The van der Waals surface area contributed by atoms with Crippen molar-refractivity contribution in [2.45, 2.75) is 64.1 Å². The molecule has 6 nitrogen and oxygen atoms in total. The lowest BCUT2D eigenvalue weighted by Gasteiger charge is -2.29. The van der Waals surface area contributed by atoms with Crippen molar-refractivity contribution in [1.29, 1.82) is 5.26 Å². The molecule has 1 aliphatic carbocycles. The molecule has 1 amide bonds. The Morgan fingerprint density at radius 3 is 2.61 bits per heavy atom. The lowest BCUT2D eigenvalue weighted by molar-refractivity contribution is 0.0889. The van der Waals surface area contributed by atoms with E-state index in [1.54, 1.807) is 30.7 Å². The molecule has 0 bridgehead atoms. The maximum absolute atomic E-state index is 12.5. The first-order chi connectivity index (χ1) is 13.3. The predicted molar refractivity (Wildman–Crippen MR) is 108 cm³/mol. The highest BCUT2D eigenvalue weighted by molar-refractivity contribution is 6.31. The van der Waals surface area contributed by atoms with E-state index in [1.165, 1.54) is 0 Å². The molecule has 1 heterocycles. The summed E-state index contributed by atoms with van der Waals surface area (Å²) in [6.45, 7) is 6.20. The molecular weight excluding hydrogens is 376 g/mol. The molecule has 1 fully saturated rings. The second-order valence-electron chi connectivity index (χ2n) is 8.16. The van der Waals surface area contributed by atoms with E-state index in [1.807, 2.05) is 10.6 Å². The van der Waals surface area contributed by atoms with E-state index >= 15 is 0 Å². The van der Waals surface area contributed by atoms with E-state index < -0.39 is 0 Å². The molecule has 1 saturated carbocycles. The number of benzene rings is 1. The third-order valence-corrected chi connectivity index (χ3v) is 5.28.